The predicted molar refractivity (Wildman–Crippen MR) is 94.6 cm³/mol. The maximum Gasteiger partial charge on any atom is 0.139 e. The van der Waals surface area contributed by atoms with Gasteiger partial charge >= 0.3 is 0 Å². The molecule has 0 aromatic rings. The van der Waals surface area contributed by atoms with E-state index in [9.17, 15) is 0 Å². The van der Waals surface area contributed by atoms with Crippen LogP contribution in [0, 0.1) is 95.2 Å². The van der Waals surface area contributed by atoms with E-state index in [1.807, 2.05) is 31.5 Å². The van der Waals surface area contributed by atoms with E-state index in [1.165, 1.54) is 0 Å². The molecule has 1 unspecified atom stereocenters. The first-order chi connectivity index (χ1) is 11.1. The molecule has 0 fully saturated rings. The Morgan fingerprint density at radius 1 is 0.826 bits per heavy atom. The zero-order valence-corrected chi connectivity index (χ0v) is 14.0. The standard InChI is InChI=1S/C14H2.C5H11N2OP/c1-3-5-7-9-11-13-14-12-10-8-6-4-2;1-7(2)9(3)8-5-4-6/h1-2H;5H2,1-3H3. The summed E-state index contributed by atoms with van der Waals surface area (Å²) >= 11 is 0. The first kappa shape index (κ1) is 22.0. The molecule has 0 saturated carbocycles. The van der Waals surface area contributed by atoms with Crippen LogP contribution >= 0.6 is 8.30 Å². The molecule has 0 aliphatic carbocycles. The maximum absolute atomic E-state index is 8.11. The van der Waals surface area contributed by atoms with Crippen molar-refractivity contribution in [2.45, 2.75) is 0 Å². The highest BCUT2D eigenvalue weighted by atomic mass is 31.2. The van der Waals surface area contributed by atoms with Crippen LogP contribution in [0.2, 0.25) is 0 Å². The van der Waals surface area contributed by atoms with Gasteiger partial charge in [-0.05, 0) is 91.8 Å². The van der Waals surface area contributed by atoms with Crippen molar-refractivity contribution in [3.05, 3.63) is 0 Å². The van der Waals surface area contributed by atoms with Gasteiger partial charge in [0, 0.05) is 0 Å². The third-order valence-electron chi connectivity index (χ3n) is 1.59. The monoisotopic (exact) mass is 316 g/mol. The van der Waals surface area contributed by atoms with Crippen LogP contribution in [0.25, 0.3) is 0 Å². The summed E-state index contributed by atoms with van der Waals surface area (Å²) in [6.45, 7) is 2.16. The minimum absolute atomic E-state index is 0.195. The van der Waals surface area contributed by atoms with Crippen LogP contribution in [0.1, 0.15) is 0 Å². The summed E-state index contributed by atoms with van der Waals surface area (Å²) in [6, 6.07) is 1.92. The van der Waals surface area contributed by atoms with Gasteiger partial charge in [0.25, 0.3) is 0 Å². The number of nitrogens with zero attached hydrogens (tertiary/aromatic N) is 2. The summed E-state index contributed by atoms with van der Waals surface area (Å²) in [5.74, 6) is 28.3. The lowest BCUT2D eigenvalue weighted by atomic mass is 10.5. The molecule has 110 valence electrons. The van der Waals surface area contributed by atoms with Crippen molar-refractivity contribution in [3.63, 3.8) is 0 Å². The van der Waals surface area contributed by atoms with Gasteiger partial charge in [0.1, 0.15) is 14.9 Å². The third-order valence-corrected chi connectivity index (χ3v) is 3.22. The first-order valence-electron chi connectivity index (χ1n) is 5.92. The Hall–Kier alpha value is -3.24. The van der Waals surface area contributed by atoms with E-state index in [1.54, 1.807) is 0 Å². The summed E-state index contributed by atoms with van der Waals surface area (Å²) in [5.41, 5.74) is 0. The van der Waals surface area contributed by atoms with Gasteiger partial charge in [-0.1, -0.05) is 0 Å². The first-order valence-corrected chi connectivity index (χ1v) is 7.58. The molecule has 0 bridgehead atoms. The molecule has 3 nitrogen and oxygen atoms in total. The molecule has 4 heteroatoms. The van der Waals surface area contributed by atoms with E-state index in [2.05, 4.69) is 71.0 Å². The Kier molecular flexibility index (Phi) is 18.0. The van der Waals surface area contributed by atoms with Crippen LogP contribution in [-0.4, -0.2) is 32.0 Å². The Bertz CT molecular complexity index is 739. The summed E-state index contributed by atoms with van der Waals surface area (Å²) in [6.07, 6.45) is 9.71. The van der Waals surface area contributed by atoms with Gasteiger partial charge in [-0.3, -0.25) is 4.67 Å². The van der Waals surface area contributed by atoms with Crippen LogP contribution in [0.15, 0.2) is 0 Å². The lowest BCUT2D eigenvalue weighted by Gasteiger charge is -2.16. The van der Waals surface area contributed by atoms with Gasteiger partial charge in [0.2, 0.25) is 0 Å². The number of rotatable bonds is 3. The molecule has 0 aliphatic heterocycles. The van der Waals surface area contributed by atoms with E-state index < -0.39 is 8.30 Å². The maximum atomic E-state index is 8.11. The summed E-state index contributed by atoms with van der Waals surface area (Å²) in [5, 5.41) is 8.11. The molecule has 1 atom stereocenters. The van der Waals surface area contributed by atoms with Crippen molar-refractivity contribution in [1.82, 2.24) is 4.67 Å². The van der Waals surface area contributed by atoms with Crippen molar-refractivity contribution < 1.29 is 4.52 Å². The highest BCUT2D eigenvalue weighted by Crippen LogP contribution is 2.33. The van der Waals surface area contributed by atoms with Gasteiger partial charge in [0.15, 0.2) is 0 Å². The molecular weight excluding hydrogens is 303 g/mol. The lowest BCUT2D eigenvalue weighted by molar-refractivity contribution is 0.380. The molecule has 0 amide bonds. The topological polar surface area (TPSA) is 36.3 Å². The minimum Gasteiger partial charge on any atom is -0.329 e. The number of hydrogen-bond acceptors (Lipinski definition) is 3. The van der Waals surface area contributed by atoms with Gasteiger partial charge in [-0.25, -0.2) is 0 Å². The molecule has 0 aromatic carbocycles. The molecule has 0 rings (SSSR count). The van der Waals surface area contributed by atoms with E-state index >= 15 is 0 Å². The third kappa shape index (κ3) is 21.2. The molecule has 0 radical (unpaired) electrons. The minimum atomic E-state index is -0.535. The van der Waals surface area contributed by atoms with E-state index in [4.69, 9.17) is 22.6 Å². The van der Waals surface area contributed by atoms with Gasteiger partial charge in [0.05, 0.1) is 6.07 Å². The number of nitriles is 1. The zero-order valence-electron chi connectivity index (χ0n) is 13.1. The largest absolute Gasteiger partial charge is 0.329 e. The Morgan fingerprint density at radius 3 is 1.43 bits per heavy atom. The van der Waals surface area contributed by atoms with Gasteiger partial charge in [-0.15, -0.1) is 12.8 Å². The lowest BCUT2D eigenvalue weighted by Crippen LogP contribution is -2.05. The van der Waals surface area contributed by atoms with Crippen molar-refractivity contribution >= 4 is 8.30 Å². The zero-order chi connectivity index (χ0) is 17.8. The summed E-state index contributed by atoms with van der Waals surface area (Å²) in [7, 11) is 3.33. The van der Waals surface area contributed by atoms with Crippen molar-refractivity contribution in [1.29, 1.82) is 5.26 Å². The second kappa shape index (κ2) is 18.8. The fraction of sp³-hybridized carbons (Fsp3) is 0.211. The Labute approximate surface area is 140 Å². The molecule has 0 N–H and O–H groups in total. The molecule has 0 spiro atoms. The van der Waals surface area contributed by atoms with Crippen LogP contribution in [0.3, 0.4) is 0 Å². The fourth-order valence-corrected chi connectivity index (χ4v) is 1.04. The van der Waals surface area contributed by atoms with Crippen LogP contribution in [0.5, 0.6) is 0 Å². The molecule has 0 aliphatic rings. The number of terminal acetylenes is 2. The smallest absolute Gasteiger partial charge is 0.139 e. The molecule has 23 heavy (non-hydrogen) atoms. The van der Waals surface area contributed by atoms with E-state index in [-0.39, 0.29) is 6.61 Å². The van der Waals surface area contributed by atoms with Gasteiger partial charge < -0.3 is 4.52 Å². The van der Waals surface area contributed by atoms with Crippen LogP contribution in [0.4, 0.5) is 0 Å². The molecule has 0 saturated heterocycles. The SMILES string of the molecule is C#CC#CC#CC#CC#CC#CC#C.CN(C)P(C)OCC#N. The van der Waals surface area contributed by atoms with Crippen molar-refractivity contribution in [2.75, 3.05) is 27.4 Å². The number of hydrogen-bond donors (Lipinski definition) is 0. The Balaban J connectivity index is 0. The average molecular weight is 316 g/mol. The van der Waals surface area contributed by atoms with Crippen molar-refractivity contribution in [2.24, 2.45) is 0 Å². The highest BCUT2D eigenvalue weighted by molar-refractivity contribution is 7.49. The van der Waals surface area contributed by atoms with Crippen LogP contribution in [-0.2, 0) is 4.52 Å². The average Bonchev–Trinajstić information content (AvgIpc) is 2.55. The summed E-state index contributed by atoms with van der Waals surface area (Å²) < 4.78 is 7.05. The second-order valence-corrected chi connectivity index (χ2v) is 5.27. The van der Waals surface area contributed by atoms with Crippen LogP contribution < -0.4 is 0 Å². The second-order valence-electron chi connectivity index (χ2n) is 3.28. The highest BCUT2D eigenvalue weighted by Gasteiger charge is 2.01. The fourth-order valence-electron chi connectivity index (χ4n) is 0.560. The Morgan fingerprint density at radius 2 is 1.17 bits per heavy atom. The quantitative estimate of drug-likeness (QED) is 0.582. The normalized spacial score (nSPS) is 7.35. The predicted octanol–water partition coefficient (Wildman–Crippen LogP) is 1.30. The molecule has 0 heterocycles. The van der Waals surface area contributed by atoms with E-state index in [0.29, 0.717) is 0 Å². The van der Waals surface area contributed by atoms with Crippen molar-refractivity contribution in [3.8, 4) is 90.0 Å². The van der Waals surface area contributed by atoms with E-state index in [0.717, 1.165) is 0 Å². The molecule has 0 aromatic heterocycles. The van der Waals surface area contributed by atoms with Gasteiger partial charge in [-0.2, -0.15) is 5.26 Å². The summed E-state index contributed by atoms with van der Waals surface area (Å²) in [4.78, 5) is 0. The molecular formula is C19H13N2OP.